The highest BCUT2D eigenvalue weighted by Crippen LogP contribution is 2.32. The molecule has 21 heavy (non-hydrogen) atoms. The third-order valence-corrected chi connectivity index (χ3v) is 3.23. The SMILES string of the molecule is Cc1cc(Oc2ccc3ccc(N)cc3n2)c(N)cc1O. The second kappa shape index (κ2) is 4.86. The molecule has 5 N–H and O–H groups in total. The lowest BCUT2D eigenvalue weighted by molar-refractivity contribution is 0.455. The lowest BCUT2D eigenvalue weighted by Crippen LogP contribution is -1.95. The van der Waals surface area contributed by atoms with Crippen LogP contribution in [-0.2, 0) is 0 Å². The molecule has 1 aromatic heterocycles. The number of aromatic hydroxyl groups is 1. The van der Waals surface area contributed by atoms with E-state index in [0.717, 1.165) is 10.9 Å². The van der Waals surface area contributed by atoms with Crippen molar-refractivity contribution in [2.24, 2.45) is 0 Å². The summed E-state index contributed by atoms with van der Waals surface area (Å²) in [7, 11) is 0. The molecule has 5 nitrogen and oxygen atoms in total. The summed E-state index contributed by atoms with van der Waals surface area (Å²) in [6.45, 7) is 1.77. The average molecular weight is 281 g/mol. The summed E-state index contributed by atoms with van der Waals surface area (Å²) in [5.74, 6) is 1.02. The number of nitrogen functional groups attached to an aromatic ring is 2. The Hall–Kier alpha value is -2.95. The third kappa shape index (κ3) is 2.53. The first-order chi connectivity index (χ1) is 10.0. The number of hydrogen-bond acceptors (Lipinski definition) is 5. The fraction of sp³-hybridized carbons (Fsp3) is 0.0625. The van der Waals surface area contributed by atoms with E-state index < -0.39 is 0 Å². The summed E-state index contributed by atoms with van der Waals surface area (Å²) >= 11 is 0. The van der Waals surface area contributed by atoms with E-state index in [0.29, 0.717) is 28.6 Å². The van der Waals surface area contributed by atoms with Gasteiger partial charge in [-0.1, -0.05) is 6.07 Å². The van der Waals surface area contributed by atoms with Gasteiger partial charge in [0.05, 0.1) is 11.2 Å². The van der Waals surface area contributed by atoms with Crippen LogP contribution in [0.3, 0.4) is 0 Å². The molecule has 0 saturated heterocycles. The maximum Gasteiger partial charge on any atom is 0.219 e. The summed E-state index contributed by atoms with van der Waals surface area (Å²) in [6, 6.07) is 12.3. The van der Waals surface area contributed by atoms with E-state index in [2.05, 4.69) is 4.98 Å². The Labute approximate surface area is 121 Å². The minimum absolute atomic E-state index is 0.138. The van der Waals surface area contributed by atoms with Gasteiger partial charge in [0.25, 0.3) is 0 Å². The maximum atomic E-state index is 9.60. The summed E-state index contributed by atoms with van der Waals surface area (Å²) in [5, 5.41) is 10.6. The Bertz CT molecular complexity index is 831. The molecule has 0 aliphatic carbocycles. The van der Waals surface area contributed by atoms with Gasteiger partial charge in [-0.15, -0.1) is 0 Å². The molecule has 0 aliphatic heterocycles. The monoisotopic (exact) mass is 281 g/mol. The van der Waals surface area contributed by atoms with Crippen molar-refractivity contribution in [1.82, 2.24) is 4.98 Å². The fourth-order valence-electron chi connectivity index (χ4n) is 2.06. The molecule has 106 valence electrons. The molecule has 3 aromatic rings. The first kappa shape index (κ1) is 13.1. The van der Waals surface area contributed by atoms with Gasteiger partial charge < -0.3 is 21.3 Å². The molecule has 1 heterocycles. The third-order valence-electron chi connectivity index (χ3n) is 3.23. The van der Waals surface area contributed by atoms with Crippen molar-refractivity contribution in [2.45, 2.75) is 6.92 Å². The van der Waals surface area contributed by atoms with E-state index in [4.69, 9.17) is 16.2 Å². The summed E-state index contributed by atoms with van der Waals surface area (Å²) in [6.07, 6.45) is 0. The van der Waals surface area contributed by atoms with Crippen LogP contribution in [-0.4, -0.2) is 10.1 Å². The van der Waals surface area contributed by atoms with Crippen LogP contribution in [0.1, 0.15) is 5.56 Å². The predicted molar refractivity (Wildman–Crippen MR) is 83.5 cm³/mol. The molecule has 0 aliphatic rings. The number of hydrogen-bond donors (Lipinski definition) is 3. The van der Waals surface area contributed by atoms with Crippen LogP contribution in [0.15, 0.2) is 42.5 Å². The van der Waals surface area contributed by atoms with Gasteiger partial charge in [0.15, 0.2) is 5.75 Å². The van der Waals surface area contributed by atoms with Crippen LogP contribution in [0.25, 0.3) is 10.9 Å². The molecule has 0 bridgehead atoms. The van der Waals surface area contributed by atoms with Crippen LogP contribution in [0.5, 0.6) is 17.4 Å². The highest BCUT2D eigenvalue weighted by molar-refractivity contribution is 5.82. The van der Waals surface area contributed by atoms with Crippen molar-refractivity contribution < 1.29 is 9.84 Å². The van der Waals surface area contributed by atoms with E-state index in [1.165, 1.54) is 6.07 Å². The Morgan fingerprint density at radius 3 is 2.62 bits per heavy atom. The van der Waals surface area contributed by atoms with Gasteiger partial charge in [-0.25, -0.2) is 4.98 Å². The van der Waals surface area contributed by atoms with Crippen LogP contribution in [0, 0.1) is 6.92 Å². The van der Waals surface area contributed by atoms with Gasteiger partial charge in [0.1, 0.15) is 5.75 Å². The molecule has 0 amide bonds. The van der Waals surface area contributed by atoms with Crippen LogP contribution in [0.4, 0.5) is 11.4 Å². The van der Waals surface area contributed by atoms with Crippen molar-refractivity contribution in [3.8, 4) is 17.4 Å². The van der Waals surface area contributed by atoms with E-state index in [1.807, 2.05) is 18.2 Å². The van der Waals surface area contributed by atoms with Crippen molar-refractivity contribution in [1.29, 1.82) is 0 Å². The molecule has 3 rings (SSSR count). The molecule has 0 unspecified atom stereocenters. The van der Waals surface area contributed by atoms with Crippen molar-refractivity contribution in [3.05, 3.63) is 48.0 Å². The standard InChI is InChI=1S/C16H15N3O2/c1-9-6-15(12(18)8-14(9)20)21-16-5-3-10-2-4-11(17)7-13(10)19-16/h2-8,20H,17-18H2,1H3. The highest BCUT2D eigenvalue weighted by atomic mass is 16.5. The molecule has 0 radical (unpaired) electrons. The molecular formula is C16H15N3O2. The molecule has 2 aromatic carbocycles. The number of pyridine rings is 1. The van der Waals surface area contributed by atoms with Crippen LogP contribution < -0.4 is 16.2 Å². The number of phenolic OH excluding ortho intramolecular Hbond substituents is 1. The second-order valence-electron chi connectivity index (χ2n) is 4.88. The lowest BCUT2D eigenvalue weighted by Gasteiger charge is -2.10. The molecule has 5 heteroatoms. The zero-order valence-corrected chi connectivity index (χ0v) is 11.5. The molecule has 0 atom stereocenters. The Morgan fingerprint density at radius 2 is 1.81 bits per heavy atom. The fourth-order valence-corrected chi connectivity index (χ4v) is 2.06. The highest BCUT2D eigenvalue weighted by Gasteiger charge is 2.08. The topological polar surface area (TPSA) is 94.4 Å². The van der Waals surface area contributed by atoms with Gasteiger partial charge in [-0.3, -0.25) is 0 Å². The smallest absolute Gasteiger partial charge is 0.219 e. The number of fused-ring (bicyclic) bond motifs is 1. The number of nitrogens with zero attached hydrogens (tertiary/aromatic N) is 1. The number of nitrogens with two attached hydrogens (primary N) is 2. The number of anilines is 2. The number of benzene rings is 2. The van der Waals surface area contributed by atoms with E-state index in [9.17, 15) is 5.11 Å². The Kier molecular flexibility index (Phi) is 3.02. The molecule has 0 saturated carbocycles. The van der Waals surface area contributed by atoms with Crippen LogP contribution in [0.2, 0.25) is 0 Å². The van der Waals surface area contributed by atoms with Gasteiger partial charge in [0, 0.05) is 23.2 Å². The largest absolute Gasteiger partial charge is 0.508 e. The lowest BCUT2D eigenvalue weighted by atomic mass is 10.2. The molecular weight excluding hydrogens is 266 g/mol. The second-order valence-corrected chi connectivity index (χ2v) is 4.88. The number of aryl methyl sites for hydroxylation is 1. The minimum Gasteiger partial charge on any atom is -0.508 e. The number of ether oxygens (including phenoxy) is 1. The normalized spacial score (nSPS) is 10.7. The summed E-state index contributed by atoms with van der Waals surface area (Å²) in [5.41, 5.74) is 14.0. The summed E-state index contributed by atoms with van der Waals surface area (Å²) in [4.78, 5) is 4.40. The molecule has 0 spiro atoms. The van der Waals surface area contributed by atoms with Gasteiger partial charge in [-0.05, 0) is 36.8 Å². The number of aromatic nitrogens is 1. The van der Waals surface area contributed by atoms with E-state index in [1.54, 1.807) is 25.1 Å². The maximum absolute atomic E-state index is 9.60. The number of phenols is 1. The Balaban J connectivity index is 2.00. The zero-order chi connectivity index (χ0) is 15.0. The quantitative estimate of drug-likeness (QED) is 0.627. The minimum atomic E-state index is 0.138. The average Bonchev–Trinajstić information content (AvgIpc) is 2.44. The first-order valence-electron chi connectivity index (χ1n) is 6.46. The van der Waals surface area contributed by atoms with Gasteiger partial charge in [-0.2, -0.15) is 0 Å². The number of rotatable bonds is 2. The Morgan fingerprint density at radius 1 is 1.05 bits per heavy atom. The van der Waals surface area contributed by atoms with E-state index >= 15 is 0 Å². The van der Waals surface area contributed by atoms with Crippen molar-refractivity contribution >= 4 is 22.3 Å². The van der Waals surface area contributed by atoms with Crippen molar-refractivity contribution in [3.63, 3.8) is 0 Å². The van der Waals surface area contributed by atoms with Gasteiger partial charge in [0.2, 0.25) is 5.88 Å². The van der Waals surface area contributed by atoms with Crippen LogP contribution >= 0.6 is 0 Å². The van der Waals surface area contributed by atoms with Crippen molar-refractivity contribution in [2.75, 3.05) is 11.5 Å². The first-order valence-corrected chi connectivity index (χ1v) is 6.46. The van der Waals surface area contributed by atoms with Gasteiger partial charge >= 0.3 is 0 Å². The molecule has 0 fully saturated rings. The predicted octanol–water partition coefficient (Wildman–Crippen LogP) is 3.21. The summed E-state index contributed by atoms with van der Waals surface area (Å²) < 4.78 is 5.70. The van der Waals surface area contributed by atoms with E-state index in [-0.39, 0.29) is 5.75 Å². The zero-order valence-electron chi connectivity index (χ0n) is 11.5.